The van der Waals surface area contributed by atoms with Crippen LogP contribution in [0.1, 0.15) is 50.7 Å². The van der Waals surface area contributed by atoms with Gasteiger partial charge in [0.15, 0.2) is 0 Å². The van der Waals surface area contributed by atoms with Gasteiger partial charge in [-0.3, -0.25) is 4.98 Å². The zero-order valence-electron chi connectivity index (χ0n) is 34.8. The average molecular weight is 983 g/mol. The molecule has 62 heavy (non-hydrogen) atoms. The Labute approximate surface area is 374 Å². The summed E-state index contributed by atoms with van der Waals surface area (Å²) in [5.41, 5.74) is 14.2. The van der Waals surface area contributed by atoms with E-state index in [2.05, 4.69) is 128 Å². The van der Waals surface area contributed by atoms with E-state index in [0.717, 1.165) is 72.4 Å². The maximum Gasteiger partial charge on any atom is 0.216 e. The Morgan fingerprint density at radius 2 is 1.29 bits per heavy atom. The van der Waals surface area contributed by atoms with E-state index in [9.17, 15) is 0 Å². The number of furan rings is 1. The van der Waals surface area contributed by atoms with E-state index in [-0.39, 0.29) is 20.1 Å². The van der Waals surface area contributed by atoms with Gasteiger partial charge in [-0.25, -0.2) is 4.98 Å². The second-order valence-corrected chi connectivity index (χ2v) is 15.8. The minimum absolute atomic E-state index is 0. The fourth-order valence-electron chi connectivity index (χ4n) is 8.18. The Bertz CT molecular complexity index is 3240. The standard InChI is InChI=1S/C44H34N3O2.C11H8N.Ir/c1-26(2)31-18-13-19-32(27(3)4)40(31)47-37-21-12-11-20-35(37)45-43(47)34-25-36-42(49-44(46-36)29-16-9-6-10-17-29)39-33-23-22-30(24-38(33)48-41(34)39)28-14-7-5-8-15-28;1-2-6-10(7-3-1)11-8-4-5-9-12-11;/h5-24,26-27H,1-4H3;1-6,8-9H;/q2*-1;. The van der Waals surface area contributed by atoms with E-state index in [4.69, 9.17) is 18.8 Å². The van der Waals surface area contributed by atoms with Crippen LogP contribution in [0.4, 0.5) is 0 Å². The summed E-state index contributed by atoms with van der Waals surface area (Å²) in [4.78, 5) is 14.6. The second kappa shape index (κ2) is 17.2. The van der Waals surface area contributed by atoms with Gasteiger partial charge in [0.1, 0.15) is 5.58 Å². The van der Waals surface area contributed by atoms with Crippen LogP contribution in [0.5, 0.6) is 0 Å². The number of oxazole rings is 1. The Kier molecular flexibility index (Phi) is 11.2. The SMILES string of the molecule is CC(C)c1cccc(C(C)C)c1-n1c(-c2[c-]c3nc(-c4ccccc4)oc3c3c2oc2cc(-c4ccccc4)ccc23)nc2ccccc21.[Ir].[c-]1ccccc1-c1ccccn1. The first kappa shape index (κ1) is 40.5. The summed E-state index contributed by atoms with van der Waals surface area (Å²) in [7, 11) is 0. The third kappa shape index (κ3) is 7.44. The summed E-state index contributed by atoms with van der Waals surface area (Å²) in [5.74, 6) is 1.89. The van der Waals surface area contributed by atoms with E-state index in [0.29, 0.717) is 34.4 Å². The van der Waals surface area contributed by atoms with Crippen molar-refractivity contribution in [1.82, 2.24) is 19.5 Å². The van der Waals surface area contributed by atoms with E-state index in [1.807, 2.05) is 84.9 Å². The van der Waals surface area contributed by atoms with Gasteiger partial charge in [0.05, 0.1) is 28.0 Å². The van der Waals surface area contributed by atoms with Gasteiger partial charge in [0, 0.05) is 48.5 Å². The molecule has 0 atom stereocenters. The molecule has 7 heteroatoms. The van der Waals surface area contributed by atoms with Crippen molar-refractivity contribution in [1.29, 1.82) is 0 Å². The van der Waals surface area contributed by atoms with Crippen LogP contribution >= 0.6 is 0 Å². The molecule has 0 unspecified atom stereocenters. The molecular formula is C55H42IrN4O2-2. The predicted octanol–water partition coefficient (Wildman–Crippen LogP) is 14.7. The normalized spacial score (nSPS) is 11.4. The molecule has 7 aromatic carbocycles. The second-order valence-electron chi connectivity index (χ2n) is 15.8. The Balaban J connectivity index is 0.000000325. The van der Waals surface area contributed by atoms with Gasteiger partial charge in [-0.2, -0.15) is 0 Å². The minimum Gasteiger partial charge on any atom is -0.500 e. The number of benzene rings is 7. The maximum absolute atomic E-state index is 6.89. The molecule has 0 bridgehead atoms. The van der Waals surface area contributed by atoms with Crippen LogP contribution in [-0.4, -0.2) is 19.5 Å². The van der Waals surface area contributed by atoms with Crippen LogP contribution in [0.15, 0.2) is 179 Å². The first-order chi connectivity index (χ1) is 29.9. The quantitative estimate of drug-likeness (QED) is 0.149. The number of aromatic nitrogens is 4. The Hall–Kier alpha value is -6.92. The van der Waals surface area contributed by atoms with Crippen molar-refractivity contribution in [3.63, 3.8) is 0 Å². The van der Waals surface area contributed by atoms with Gasteiger partial charge in [0.2, 0.25) is 5.89 Å². The zero-order valence-corrected chi connectivity index (χ0v) is 37.2. The van der Waals surface area contributed by atoms with Crippen molar-refractivity contribution < 1.29 is 28.9 Å². The molecule has 6 nitrogen and oxygen atoms in total. The first-order valence-corrected chi connectivity index (χ1v) is 20.7. The summed E-state index contributed by atoms with van der Waals surface area (Å²) in [5, 5.41) is 1.83. The zero-order chi connectivity index (χ0) is 41.5. The minimum atomic E-state index is 0. The van der Waals surface area contributed by atoms with Gasteiger partial charge in [-0.1, -0.05) is 136 Å². The van der Waals surface area contributed by atoms with E-state index < -0.39 is 0 Å². The molecular weight excluding hydrogens is 941 g/mol. The fourth-order valence-corrected chi connectivity index (χ4v) is 8.18. The molecule has 0 saturated carbocycles. The molecule has 0 N–H and O–H groups in total. The number of para-hydroxylation sites is 3. The molecule has 0 aliphatic carbocycles. The third-order valence-electron chi connectivity index (χ3n) is 11.1. The number of imidazole rings is 1. The van der Waals surface area contributed by atoms with Crippen LogP contribution < -0.4 is 0 Å². The number of fused-ring (bicyclic) bond motifs is 6. The topological polar surface area (TPSA) is 69.9 Å². The van der Waals surface area contributed by atoms with Crippen molar-refractivity contribution in [2.75, 3.05) is 0 Å². The molecule has 4 heterocycles. The van der Waals surface area contributed by atoms with Gasteiger partial charge in [-0.15, -0.1) is 42.0 Å². The van der Waals surface area contributed by atoms with Crippen LogP contribution in [0, 0.1) is 12.1 Å². The summed E-state index contributed by atoms with van der Waals surface area (Å²) < 4.78 is 15.8. The molecule has 0 saturated heterocycles. The number of nitrogens with zero attached hydrogens (tertiary/aromatic N) is 4. The van der Waals surface area contributed by atoms with E-state index >= 15 is 0 Å². The number of hydrogen-bond acceptors (Lipinski definition) is 5. The fraction of sp³-hybridized carbons (Fsp3) is 0.109. The van der Waals surface area contributed by atoms with Crippen molar-refractivity contribution in [2.45, 2.75) is 39.5 Å². The van der Waals surface area contributed by atoms with Crippen molar-refractivity contribution in [2.24, 2.45) is 0 Å². The smallest absolute Gasteiger partial charge is 0.216 e. The molecule has 11 rings (SSSR count). The third-order valence-corrected chi connectivity index (χ3v) is 11.1. The van der Waals surface area contributed by atoms with E-state index in [1.165, 1.54) is 11.1 Å². The van der Waals surface area contributed by atoms with Crippen molar-refractivity contribution in [3.8, 4) is 50.9 Å². The number of hydrogen-bond donors (Lipinski definition) is 0. The Morgan fingerprint density at radius 1 is 0.597 bits per heavy atom. The van der Waals surface area contributed by atoms with Crippen LogP contribution in [0.3, 0.4) is 0 Å². The van der Waals surface area contributed by atoms with E-state index in [1.54, 1.807) is 6.20 Å². The monoisotopic (exact) mass is 983 g/mol. The van der Waals surface area contributed by atoms with Gasteiger partial charge in [-0.05, 0) is 81.6 Å². The summed E-state index contributed by atoms with van der Waals surface area (Å²) in [6.07, 6.45) is 1.79. The molecule has 11 aromatic rings. The van der Waals surface area contributed by atoms with Gasteiger partial charge in [0.25, 0.3) is 0 Å². The predicted molar refractivity (Wildman–Crippen MR) is 248 cm³/mol. The summed E-state index contributed by atoms with van der Waals surface area (Å²) in [6, 6.07) is 62.3. The molecule has 0 amide bonds. The average Bonchev–Trinajstić information content (AvgIpc) is 4.03. The molecule has 0 spiro atoms. The largest absolute Gasteiger partial charge is 0.500 e. The van der Waals surface area contributed by atoms with Crippen LogP contribution in [0.2, 0.25) is 0 Å². The molecule has 1 radical (unpaired) electrons. The molecule has 305 valence electrons. The van der Waals surface area contributed by atoms with Crippen LogP contribution in [-0.2, 0) is 20.1 Å². The Morgan fingerprint density at radius 3 is 1.98 bits per heavy atom. The number of rotatable bonds is 7. The summed E-state index contributed by atoms with van der Waals surface area (Å²) in [6.45, 7) is 9.01. The van der Waals surface area contributed by atoms with Gasteiger partial charge < -0.3 is 18.4 Å². The van der Waals surface area contributed by atoms with Crippen molar-refractivity contribution >= 4 is 44.1 Å². The van der Waals surface area contributed by atoms with Crippen LogP contribution in [0.25, 0.3) is 95.0 Å². The number of pyridine rings is 1. The molecule has 4 aromatic heterocycles. The maximum atomic E-state index is 6.89. The van der Waals surface area contributed by atoms with Crippen molar-refractivity contribution in [3.05, 3.63) is 193 Å². The van der Waals surface area contributed by atoms with Gasteiger partial charge >= 0.3 is 0 Å². The summed E-state index contributed by atoms with van der Waals surface area (Å²) >= 11 is 0. The molecule has 0 aliphatic rings. The first-order valence-electron chi connectivity index (χ1n) is 20.7. The molecule has 0 aliphatic heterocycles. The molecule has 0 fully saturated rings.